The lowest BCUT2D eigenvalue weighted by atomic mass is 9.79. The zero-order chi connectivity index (χ0) is 16.2. The zero-order valence-electron chi connectivity index (χ0n) is 14.5. The van der Waals surface area contributed by atoms with Crippen LogP contribution in [0, 0.1) is 11.8 Å². The molecular weight excluding hydrogens is 334 g/mol. The number of piperidine rings is 3. The Hall–Kier alpha value is -1.71. The molecule has 0 saturated carbocycles. The molecule has 3 heterocycles. The summed E-state index contributed by atoms with van der Waals surface area (Å²) in [5.74, 6) is 3.39. The minimum Gasteiger partial charge on any atom is -0.493 e. The first-order valence-electron chi connectivity index (χ1n) is 8.99. The third-order valence-corrected chi connectivity index (χ3v) is 5.33. The number of nitrogens with zero attached hydrogens (tertiary/aromatic N) is 1. The van der Waals surface area contributed by atoms with Crippen LogP contribution in [-0.4, -0.2) is 31.1 Å². The second-order valence-corrected chi connectivity index (χ2v) is 6.95. The Kier molecular flexibility index (Phi) is 6.22. The second kappa shape index (κ2) is 8.59. The van der Waals surface area contributed by atoms with Crippen LogP contribution in [-0.2, 0) is 6.61 Å². The molecule has 1 unspecified atom stereocenters. The average molecular weight is 360 g/mol. The minimum absolute atomic E-state index is 0. The van der Waals surface area contributed by atoms with Crippen molar-refractivity contribution >= 4 is 12.4 Å². The summed E-state index contributed by atoms with van der Waals surface area (Å²) in [5.41, 5.74) is 1.18. The molecule has 3 saturated heterocycles. The largest absolute Gasteiger partial charge is 0.493 e. The highest BCUT2D eigenvalue weighted by Crippen LogP contribution is 2.32. The quantitative estimate of drug-likeness (QED) is 0.762. The molecule has 3 aliphatic heterocycles. The lowest BCUT2D eigenvalue weighted by Crippen LogP contribution is -2.49. The molecule has 0 aromatic heterocycles. The van der Waals surface area contributed by atoms with E-state index in [1.807, 2.05) is 42.5 Å². The Labute approximate surface area is 156 Å². The summed E-state index contributed by atoms with van der Waals surface area (Å²) in [4.78, 5) is 2.58. The van der Waals surface area contributed by atoms with Crippen LogP contribution in [0.3, 0.4) is 0 Å². The fourth-order valence-corrected chi connectivity index (χ4v) is 3.85. The molecule has 2 aromatic carbocycles. The molecule has 0 amide bonds. The zero-order valence-corrected chi connectivity index (χ0v) is 15.3. The second-order valence-electron chi connectivity index (χ2n) is 6.95. The van der Waals surface area contributed by atoms with E-state index in [2.05, 4.69) is 17.0 Å². The molecule has 0 aliphatic carbocycles. The Morgan fingerprint density at radius 3 is 2.08 bits per heavy atom. The first kappa shape index (κ1) is 18.1. The van der Waals surface area contributed by atoms with Crippen LogP contribution in [0.15, 0.2) is 54.6 Å². The molecular formula is C21H26ClNO2. The highest BCUT2D eigenvalue weighted by Gasteiger charge is 2.34. The van der Waals surface area contributed by atoms with Gasteiger partial charge in [0.05, 0.1) is 6.61 Å². The third kappa shape index (κ3) is 4.68. The maximum Gasteiger partial charge on any atom is 0.120 e. The lowest BCUT2D eigenvalue weighted by Gasteiger charge is -2.44. The van der Waals surface area contributed by atoms with E-state index in [0.29, 0.717) is 12.5 Å². The van der Waals surface area contributed by atoms with E-state index in [-0.39, 0.29) is 12.4 Å². The summed E-state index contributed by atoms with van der Waals surface area (Å²) in [6, 6.07) is 18.3. The fraction of sp³-hybridized carbons (Fsp3) is 0.429. The lowest BCUT2D eigenvalue weighted by molar-refractivity contribution is 0.0257. The predicted octanol–water partition coefficient (Wildman–Crippen LogP) is 4.41. The van der Waals surface area contributed by atoms with E-state index < -0.39 is 0 Å². The van der Waals surface area contributed by atoms with E-state index in [0.717, 1.165) is 24.0 Å². The summed E-state index contributed by atoms with van der Waals surface area (Å²) in [7, 11) is 0. The van der Waals surface area contributed by atoms with Gasteiger partial charge in [-0.1, -0.05) is 30.3 Å². The number of rotatable bonds is 6. The van der Waals surface area contributed by atoms with Crippen molar-refractivity contribution < 1.29 is 9.47 Å². The Bertz CT molecular complexity index is 639. The molecule has 1 atom stereocenters. The molecule has 2 bridgehead atoms. The SMILES string of the molecule is Cl.c1ccc(COc2ccc(OCC3CN4CCC3CC4)cc2)cc1. The summed E-state index contributed by atoms with van der Waals surface area (Å²) in [6.45, 7) is 5.22. The normalized spacial score (nSPS) is 24.4. The van der Waals surface area contributed by atoms with Gasteiger partial charge in [0, 0.05) is 12.5 Å². The van der Waals surface area contributed by atoms with Crippen LogP contribution in [0.25, 0.3) is 0 Å². The smallest absolute Gasteiger partial charge is 0.120 e. The highest BCUT2D eigenvalue weighted by molar-refractivity contribution is 5.85. The van der Waals surface area contributed by atoms with E-state index in [9.17, 15) is 0 Å². The first-order chi connectivity index (χ1) is 11.9. The van der Waals surface area contributed by atoms with Gasteiger partial charge in [-0.05, 0) is 61.7 Å². The predicted molar refractivity (Wildman–Crippen MR) is 103 cm³/mol. The van der Waals surface area contributed by atoms with Crippen molar-refractivity contribution in [2.24, 2.45) is 11.8 Å². The average Bonchev–Trinajstić information content (AvgIpc) is 2.67. The number of benzene rings is 2. The van der Waals surface area contributed by atoms with Crippen LogP contribution in [0.1, 0.15) is 18.4 Å². The number of ether oxygens (including phenoxy) is 2. The van der Waals surface area contributed by atoms with Crippen LogP contribution in [0.4, 0.5) is 0 Å². The van der Waals surface area contributed by atoms with E-state index in [1.165, 1.54) is 38.0 Å². The molecule has 4 heteroatoms. The molecule has 2 aromatic rings. The molecule has 5 rings (SSSR count). The van der Waals surface area contributed by atoms with Crippen molar-refractivity contribution in [3.05, 3.63) is 60.2 Å². The highest BCUT2D eigenvalue weighted by atomic mass is 35.5. The van der Waals surface area contributed by atoms with Gasteiger partial charge in [0.1, 0.15) is 18.1 Å². The molecule has 0 radical (unpaired) electrons. The number of hydrogen-bond acceptors (Lipinski definition) is 3. The Morgan fingerprint density at radius 2 is 1.48 bits per heavy atom. The van der Waals surface area contributed by atoms with Crippen molar-refractivity contribution in [3.8, 4) is 11.5 Å². The van der Waals surface area contributed by atoms with Gasteiger partial charge >= 0.3 is 0 Å². The molecule has 134 valence electrons. The molecule has 3 nitrogen and oxygen atoms in total. The van der Waals surface area contributed by atoms with Gasteiger partial charge in [-0.15, -0.1) is 12.4 Å². The first-order valence-corrected chi connectivity index (χ1v) is 8.99. The van der Waals surface area contributed by atoms with Gasteiger partial charge in [-0.3, -0.25) is 0 Å². The van der Waals surface area contributed by atoms with E-state index >= 15 is 0 Å². The monoisotopic (exact) mass is 359 g/mol. The van der Waals surface area contributed by atoms with Gasteiger partial charge in [-0.25, -0.2) is 0 Å². The van der Waals surface area contributed by atoms with Gasteiger partial charge in [0.2, 0.25) is 0 Å². The minimum atomic E-state index is 0. The van der Waals surface area contributed by atoms with Gasteiger partial charge in [0.15, 0.2) is 0 Å². The third-order valence-electron chi connectivity index (χ3n) is 5.33. The summed E-state index contributed by atoms with van der Waals surface area (Å²) < 4.78 is 11.9. The van der Waals surface area contributed by atoms with Crippen LogP contribution < -0.4 is 9.47 Å². The van der Waals surface area contributed by atoms with Crippen molar-refractivity contribution in [2.75, 3.05) is 26.2 Å². The van der Waals surface area contributed by atoms with Crippen LogP contribution >= 0.6 is 12.4 Å². The Balaban J connectivity index is 0.00000182. The van der Waals surface area contributed by atoms with Crippen LogP contribution in [0.2, 0.25) is 0 Å². The maximum atomic E-state index is 6.03. The summed E-state index contributed by atoms with van der Waals surface area (Å²) >= 11 is 0. The number of halogens is 1. The molecule has 0 N–H and O–H groups in total. The molecule has 3 aliphatic rings. The van der Waals surface area contributed by atoms with Crippen molar-refractivity contribution in [3.63, 3.8) is 0 Å². The fourth-order valence-electron chi connectivity index (χ4n) is 3.85. The maximum absolute atomic E-state index is 6.03. The number of hydrogen-bond donors (Lipinski definition) is 0. The van der Waals surface area contributed by atoms with Gasteiger partial charge < -0.3 is 14.4 Å². The van der Waals surface area contributed by atoms with Crippen molar-refractivity contribution in [2.45, 2.75) is 19.4 Å². The van der Waals surface area contributed by atoms with Crippen molar-refractivity contribution in [1.29, 1.82) is 0 Å². The van der Waals surface area contributed by atoms with E-state index in [4.69, 9.17) is 9.47 Å². The van der Waals surface area contributed by atoms with E-state index in [1.54, 1.807) is 0 Å². The van der Waals surface area contributed by atoms with Gasteiger partial charge in [-0.2, -0.15) is 0 Å². The Morgan fingerprint density at radius 1 is 0.840 bits per heavy atom. The standard InChI is InChI=1S/C21H25NO2.ClH/c1-2-4-17(5-3-1)15-23-20-6-8-21(9-7-20)24-16-19-14-22-12-10-18(19)11-13-22;/h1-9,18-19H,10-16H2;1H. The van der Waals surface area contributed by atoms with Gasteiger partial charge in [0.25, 0.3) is 0 Å². The number of fused-ring (bicyclic) bond motifs is 3. The molecule has 3 fully saturated rings. The summed E-state index contributed by atoms with van der Waals surface area (Å²) in [6.07, 6.45) is 2.70. The summed E-state index contributed by atoms with van der Waals surface area (Å²) in [5, 5.41) is 0. The van der Waals surface area contributed by atoms with Crippen LogP contribution in [0.5, 0.6) is 11.5 Å². The molecule has 25 heavy (non-hydrogen) atoms. The van der Waals surface area contributed by atoms with Crippen molar-refractivity contribution in [1.82, 2.24) is 4.90 Å². The molecule has 0 spiro atoms. The topological polar surface area (TPSA) is 21.7 Å².